The first-order valence-corrected chi connectivity index (χ1v) is 6.27. The fraction of sp³-hybridized carbons (Fsp3) is 1.00. The summed E-state index contributed by atoms with van der Waals surface area (Å²) in [6, 6.07) is 0. The zero-order valence-electron chi connectivity index (χ0n) is 9.41. The molecule has 3 N–H and O–H groups in total. The summed E-state index contributed by atoms with van der Waals surface area (Å²) < 4.78 is 31.8. The smallest absolute Gasteiger partial charge is 0.277 e. The van der Waals surface area contributed by atoms with Gasteiger partial charge in [-0.15, -0.1) is 0 Å². The molecular formula is C8H20N2O4S. The highest BCUT2D eigenvalue weighted by Crippen LogP contribution is 2.05. The van der Waals surface area contributed by atoms with Gasteiger partial charge in [-0.3, -0.25) is 0 Å². The Bertz CT molecular complexity index is 264. The second kappa shape index (κ2) is 6.39. The fourth-order valence-corrected chi connectivity index (χ4v) is 1.66. The van der Waals surface area contributed by atoms with Gasteiger partial charge in [-0.25, -0.2) is 0 Å². The zero-order valence-corrected chi connectivity index (χ0v) is 10.2. The van der Waals surface area contributed by atoms with Crippen LogP contribution in [0, 0.1) is 0 Å². The Morgan fingerprint density at radius 3 is 2.47 bits per heavy atom. The van der Waals surface area contributed by atoms with E-state index in [1.165, 1.54) is 7.11 Å². The van der Waals surface area contributed by atoms with Gasteiger partial charge in [-0.05, 0) is 13.3 Å². The van der Waals surface area contributed by atoms with E-state index in [0.717, 1.165) is 0 Å². The Morgan fingerprint density at radius 2 is 2.00 bits per heavy atom. The van der Waals surface area contributed by atoms with Crippen molar-refractivity contribution in [2.45, 2.75) is 25.9 Å². The molecule has 6 nitrogen and oxygen atoms in total. The first kappa shape index (κ1) is 14.8. The highest BCUT2D eigenvalue weighted by Gasteiger charge is 2.20. The summed E-state index contributed by atoms with van der Waals surface area (Å²) >= 11 is 0. The zero-order chi connectivity index (χ0) is 11.9. The summed E-state index contributed by atoms with van der Waals surface area (Å²) in [5.74, 6) is 0. The number of hydrogen-bond donors (Lipinski definition) is 3. The number of hydrogen-bond acceptors (Lipinski definition) is 4. The van der Waals surface area contributed by atoms with Crippen LogP contribution in [0.5, 0.6) is 0 Å². The van der Waals surface area contributed by atoms with Gasteiger partial charge in [-0.1, -0.05) is 6.92 Å². The van der Waals surface area contributed by atoms with Crippen LogP contribution in [0.25, 0.3) is 0 Å². The maximum Gasteiger partial charge on any atom is 0.277 e. The molecule has 92 valence electrons. The van der Waals surface area contributed by atoms with Crippen LogP contribution in [0.15, 0.2) is 0 Å². The summed E-state index contributed by atoms with van der Waals surface area (Å²) in [5.41, 5.74) is -1.02. The molecule has 0 bridgehead atoms. The molecule has 15 heavy (non-hydrogen) atoms. The SMILES string of the molecule is CCC(C)(O)CNS(=O)(=O)NCCOC. The van der Waals surface area contributed by atoms with Crippen molar-refractivity contribution in [1.29, 1.82) is 0 Å². The molecule has 0 aromatic heterocycles. The molecular weight excluding hydrogens is 220 g/mol. The van der Waals surface area contributed by atoms with Crippen molar-refractivity contribution < 1.29 is 18.3 Å². The van der Waals surface area contributed by atoms with E-state index >= 15 is 0 Å². The molecule has 7 heteroatoms. The van der Waals surface area contributed by atoms with Crippen LogP contribution >= 0.6 is 0 Å². The van der Waals surface area contributed by atoms with E-state index in [2.05, 4.69) is 9.44 Å². The van der Waals surface area contributed by atoms with Crippen LogP contribution in [-0.4, -0.2) is 45.9 Å². The molecule has 0 heterocycles. The largest absolute Gasteiger partial charge is 0.389 e. The summed E-state index contributed by atoms with van der Waals surface area (Å²) in [6.07, 6.45) is 0.480. The van der Waals surface area contributed by atoms with Crippen molar-refractivity contribution in [1.82, 2.24) is 9.44 Å². The van der Waals surface area contributed by atoms with Crippen LogP contribution in [0.1, 0.15) is 20.3 Å². The number of methoxy groups -OCH3 is 1. The normalized spacial score (nSPS) is 16.3. The van der Waals surface area contributed by atoms with Gasteiger partial charge in [0.25, 0.3) is 10.2 Å². The Kier molecular flexibility index (Phi) is 6.30. The van der Waals surface area contributed by atoms with Gasteiger partial charge in [0.05, 0.1) is 12.2 Å². The van der Waals surface area contributed by atoms with Crippen molar-refractivity contribution in [3.05, 3.63) is 0 Å². The molecule has 0 aromatic carbocycles. The molecule has 0 aliphatic heterocycles. The summed E-state index contributed by atoms with van der Waals surface area (Å²) in [7, 11) is -2.05. The quantitative estimate of drug-likeness (QED) is 0.486. The molecule has 0 aromatic rings. The minimum Gasteiger partial charge on any atom is -0.389 e. The molecule has 0 saturated carbocycles. The first-order chi connectivity index (χ1) is 6.83. The lowest BCUT2D eigenvalue weighted by molar-refractivity contribution is 0.0612. The third-order valence-electron chi connectivity index (χ3n) is 2.00. The second-order valence-electron chi connectivity index (χ2n) is 3.56. The van der Waals surface area contributed by atoms with Crippen molar-refractivity contribution in [3.63, 3.8) is 0 Å². The molecule has 0 radical (unpaired) electrons. The number of aliphatic hydroxyl groups is 1. The highest BCUT2D eigenvalue weighted by atomic mass is 32.2. The molecule has 0 aliphatic rings. The van der Waals surface area contributed by atoms with Crippen molar-refractivity contribution in [3.8, 4) is 0 Å². The second-order valence-corrected chi connectivity index (χ2v) is 5.15. The van der Waals surface area contributed by atoms with E-state index in [1.54, 1.807) is 13.8 Å². The van der Waals surface area contributed by atoms with E-state index < -0.39 is 15.8 Å². The summed E-state index contributed by atoms with van der Waals surface area (Å²) in [6.45, 7) is 3.87. The predicted molar refractivity (Wildman–Crippen MR) is 57.7 cm³/mol. The Morgan fingerprint density at radius 1 is 1.40 bits per heavy atom. The summed E-state index contributed by atoms with van der Waals surface area (Å²) in [4.78, 5) is 0. The standard InChI is InChI=1S/C8H20N2O4S/c1-4-8(2,11)7-10-15(12,13)9-5-6-14-3/h9-11H,4-7H2,1-3H3. The van der Waals surface area contributed by atoms with Gasteiger partial charge >= 0.3 is 0 Å². The van der Waals surface area contributed by atoms with Gasteiger partial charge in [0.2, 0.25) is 0 Å². The molecule has 0 fully saturated rings. The van der Waals surface area contributed by atoms with Crippen LogP contribution in [-0.2, 0) is 14.9 Å². The van der Waals surface area contributed by atoms with Gasteiger partial charge < -0.3 is 9.84 Å². The summed E-state index contributed by atoms with van der Waals surface area (Å²) in [5, 5.41) is 9.58. The van der Waals surface area contributed by atoms with E-state index in [1.807, 2.05) is 0 Å². The molecule has 0 aliphatic carbocycles. The van der Waals surface area contributed by atoms with Gasteiger partial charge in [0, 0.05) is 20.2 Å². The minimum absolute atomic E-state index is 0.00812. The van der Waals surface area contributed by atoms with Crippen molar-refractivity contribution in [2.75, 3.05) is 26.8 Å². The van der Waals surface area contributed by atoms with Crippen LogP contribution in [0.3, 0.4) is 0 Å². The molecule has 0 amide bonds. The van der Waals surface area contributed by atoms with E-state index in [9.17, 15) is 13.5 Å². The minimum atomic E-state index is -3.54. The molecule has 0 saturated heterocycles. The highest BCUT2D eigenvalue weighted by molar-refractivity contribution is 7.87. The first-order valence-electron chi connectivity index (χ1n) is 4.78. The van der Waals surface area contributed by atoms with Gasteiger partial charge in [-0.2, -0.15) is 17.9 Å². The van der Waals surface area contributed by atoms with Gasteiger partial charge in [0.15, 0.2) is 0 Å². The maximum absolute atomic E-state index is 11.3. The maximum atomic E-state index is 11.3. The topological polar surface area (TPSA) is 87.7 Å². The number of rotatable bonds is 8. The third-order valence-corrected chi connectivity index (χ3v) is 3.11. The fourth-order valence-electron chi connectivity index (χ4n) is 0.705. The number of ether oxygens (including phenoxy) is 1. The Balaban J connectivity index is 3.94. The Labute approximate surface area is 91.2 Å². The van der Waals surface area contributed by atoms with Crippen LogP contribution in [0.2, 0.25) is 0 Å². The number of nitrogens with one attached hydrogen (secondary N) is 2. The lowest BCUT2D eigenvalue weighted by atomic mass is 10.1. The van der Waals surface area contributed by atoms with E-state index in [0.29, 0.717) is 13.0 Å². The predicted octanol–water partition coefficient (Wildman–Crippen LogP) is -0.782. The molecule has 0 rings (SSSR count). The monoisotopic (exact) mass is 240 g/mol. The van der Waals surface area contributed by atoms with Crippen molar-refractivity contribution in [2.24, 2.45) is 0 Å². The average molecular weight is 240 g/mol. The molecule has 0 spiro atoms. The lowest BCUT2D eigenvalue weighted by Crippen LogP contribution is -2.45. The van der Waals surface area contributed by atoms with Gasteiger partial charge in [0.1, 0.15) is 0 Å². The van der Waals surface area contributed by atoms with E-state index in [4.69, 9.17) is 4.74 Å². The van der Waals surface area contributed by atoms with Crippen LogP contribution in [0.4, 0.5) is 0 Å². The third kappa shape index (κ3) is 7.69. The Hall–Kier alpha value is -0.210. The molecule has 1 atom stereocenters. The average Bonchev–Trinajstić information content (AvgIpc) is 2.16. The lowest BCUT2D eigenvalue weighted by Gasteiger charge is -2.21. The molecule has 1 unspecified atom stereocenters. The van der Waals surface area contributed by atoms with Crippen molar-refractivity contribution >= 4 is 10.2 Å². The van der Waals surface area contributed by atoms with E-state index in [-0.39, 0.29) is 13.1 Å². The van der Waals surface area contributed by atoms with Crippen LogP contribution < -0.4 is 9.44 Å².